The second-order valence-electron chi connectivity index (χ2n) is 6.97. The molecule has 0 bridgehead atoms. The van der Waals surface area contributed by atoms with Crippen LogP contribution in [0.2, 0.25) is 5.02 Å². The molecule has 1 heterocycles. The van der Waals surface area contributed by atoms with Crippen LogP contribution in [-0.4, -0.2) is 41.2 Å². The van der Waals surface area contributed by atoms with Gasteiger partial charge in [-0.2, -0.15) is 0 Å². The van der Waals surface area contributed by atoms with Gasteiger partial charge in [-0.25, -0.2) is 4.79 Å². The predicted octanol–water partition coefficient (Wildman–Crippen LogP) is 4.44. The Morgan fingerprint density at radius 3 is 2.35 bits per heavy atom. The molecule has 0 radical (unpaired) electrons. The van der Waals surface area contributed by atoms with Gasteiger partial charge in [0.1, 0.15) is 6.04 Å². The standard InChI is InChI=1S/C22H20BrClN2O5/c1-2-3-8-18(26-20(28)14-6-4-5-7-15(14)21(26)29)22(30)31-12-19(27)25-13-9-10-16(23)17(24)11-13/h4-7,9-11,18H,2-3,8,12H2,1H3,(H,25,27)/t18-/m1/s1. The lowest BCUT2D eigenvalue weighted by molar-refractivity contribution is -0.151. The van der Waals surface area contributed by atoms with Crippen LogP contribution in [0.4, 0.5) is 5.69 Å². The van der Waals surface area contributed by atoms with Crippen LogP contribution in [0, 0.1) is 0 Å². The summed E-state index contributed by atoms with van der Waals surface area (Å²) in [5.41, 5.74) is 0.954. The second-order valence-corrected chi connectivity index (χ2v) is 8.23. The lowest BCUT2D eigenvalue weighted by Gasteiger charge is -2.24. The molecule has 3 rings (SSSR count). The van der Waals surface area contributed by atoms with Gasteiger partial charge in [0.2, 0.25) is 0 Å². The summed E-state index contributed by atoms with van der Waals surface area (Å²) in [5.74, 6) is -2.43. The van der Waals surface area contributed by atoms with Crippen molar-refractivity contribution >= 4 is 56.9 Å². The molecule has 31 heavy (non-hydrogen) atoms. The van der Waals surface area contributed by atoms with Gasteiger partial charge in [-0.1, -0.05) is 43.5 Å². The maximum atomic E-state index is 12.8. The quantitative estimate of drug-likeness (QED) is 0.421. The van der Waals surface area contributed by atoms with Crippen LogP contribution in [-0.2, 0) is 14.3 Å². The summed E-state index contributed by atoms with van der Waals surface area (Å²) in [5, 5.41) is 3.00. The molecule has 7 nitrogen and oxygen atoms in total. The molecule has 0 spiro atoms. The number of fused-ring (bicyclic) bond motifs is 1. The molecule has 2 aromatic carbocycles. The zero-order chi connectivity index (χ0) is 22.5. The number of hydrogen-bond acceptors (Lipinski definition) is 5. The van der Waals surface area contributed by atoms with Crippen molar-refractivity contribution in [2.75, 3.05) is 11.9 Å². The van der Waals surface area contributed by atoms with E-state index in [4.69, 9.17) is 16.3 Å². The number of amides is 3. The van der Waals surface area contributed by atoms with Crippen LogP contribution in [0.3, 0.4) is 0 Å². The molecule has 9 heteroatoms. The molecule has 1 N–H and O–H groups in total. The number of nitrogens with zero attached hydrogens (tertiary/aromatic N) is 1. The largest absolute Gasteiger partial charge is 0.454 e. The fourth-order valence-corrected chi connectivity index (χ4v) is 3.67. The van der Waals surface area contributed by atoms with E-state index in [2.05, 4.69) is 21.2 Å². The second kappa shape index (κ2) is 10.1. The Bertz CT molecular complexity index is 1010. The number of esters is 1. The third-order valence-electron chi connectivity index (χ3n) is 4.79. The number of rotatable bonds is 8. The smallest absolute Gasteiger partial charge is 0.329 e. The summed E-state index contributed by atoms with van der Waals surface area (Å²) < 4.78 is 5.84. The number of unbranched alkanes of at least 4 members (excludes halogenated alkanes) is 1. The highest BCUT2D eigenvalue weighted by molar-refractivity contribution is 9.10. The lowest BCUT2D eigenvalue weighted by atomic mass is 10.1. The fourth-order valence-electron chi connectivity index (χ4n) is 3.24. The van der Waals surface area contributed by atoms with Crippen LogP contribution in [0.5, 0.6) is 0 Å². The van der Waals surface area contributed by atoms with E-state index in [1.807, 2.05) is 6.92 Å². The number of imide groups is 1. The monoisotopic (exact) mass is 506 g/mol. The molecule has 0 fully saturated rings. The minimum Gasteiger partial charge on any atom is -0.454 e. The Hall–Kier alpha value is -2.71. The number of carbonyl (C=O) groups excluding carboxylic acids is 4. The first-order chi connectivity index (χ1) is 14.8. The number of anilines is 1. The molecular formula is C22H20BrClN2O5. The molecule has 1 aliphatic rings. The molecule has 2 aromatic rings. The third-order valence-corrected chi connectivity index (χ3v) is 6.02. The van der Waals surface area contributed by atoms with Crippen molar-refractivity contribution < 1.29 is 23.9 Å². The minimum atomic E-state index is -1.10. The van der Waals surface area contributed by atoms with Gasteiger partial charge in [0.05, 0.1) is 16.1 Å². The molecule has 1 atom stereocenters. The summed E-state index contributed by atoms with van der Waals surface area (Å²) in [4.78, 5) is 51.4. The zero-order valence-electron chi connectivity index (χ0n) is 16.7. The van der Waals surface area contributed by atoms with E-state index in [9.17, 15) is 19.2 Å². The first kappa shape index (κ1) is 23.0. The van der Waals surface area contributed by atoms with Crippen LogP contribution in [0.1, 0.15) is 46.9 Å². The average molecular weight is 508 g/mol. The van der Waals surface area contributed by atoms with E-state index in [1.54, 1.807) is 42.5 Å². The van der Waals surface area contributed by atoms with Crippen LogP contribution >= 0.6 is 27.5 Å². The number of benzene rings is 2. The maximum Gasteiger partial charge on any atom is 0.329 e. The Morgan fingerprint density at radius 1 is 1.13 bits per heavy atom. The first-order valence-corrected chi connectivity index (χ1v) is 10.9. The summed E-state index contributed by atoms with van der Waals surface area (Å²) in [7, 11) is 0. The van der Waals surface area contributed by atoms with Crippen molar-refractivity contribution in [3.8, 4) is 0 Å². The summed E-state index contributed by atoms with van der Waals surface area (Å²) >= 11 is 9.26. The highest BCUT2D eigenvalue weighted by atomic mass is 79.9. The predicted molar refractivity (Wildman–Crippen MR) is 119 cm³/mol. The van der Waals surface area contributed by atoms with Crippen LogP contribution in [0.15, 0.2) is 46.9 Å². The van der Waals surface area contributed by atoms with Crippen molar-refractivity contribution in [2.24, 2.45) is 0 Å². The van der Waals surface area contributed by atoms with Gasteiger partial charge >= 0.3 is 5.97 Å². The maximum absolute atomic E-state index is 12.8. The van der Waals surface area contributed by atoms with Gasteiger partial charge < -0.3 is 10.1 Å². The highest BCUT2D eigenvalue weighted by Gasteiger charge is 2.43. The van der Waals surface area contributed by atoms with Gasteiger partial charge in [-0.3, -0.25) is 19.3 Å². The van der Waals surface area contributed by atoms with E-state index >= 15 is 0 Å². The molecule has 0 saturated carbocycles. The number of carbonyl (C=O) groups is 4. The molecule has 0 aromatic heterocycles. The number of ether oxygens (including phenoxy) is 1. The Kier molecular flexibility index (Phi) is 7.46. The zero-order valence-corrected chi connectivity index (χ0v) is 19.0. The van der Waals surface area contributed by atoms with E-state index in [-0.39, 0.29) is 17.5 Å². The van der Waals surface area contributed by atoms with Crippen molar-refractivity contribution in [3.63, 3.8) is 0 Å². The number of nitrogens with one attached hydrogen (secondary N) is 1. The van der Waals surface area contributed by atoms with Crippen molar-refractivity contribution in [1.29, 1.82) is 0 Å². The average Bonchev–Trinajstić information content (AvgIpc) is 3.00. The number of halogens is 2. The van der Waals surface area contributed by atoms with E-state index in [0.29, 0.717) is 21.6 Å². The van der Waals surface area contributed by atoms with Crippen molar-refractivity contribution in [1.82, 2.24) is 4.90 Å². The van der Waals surface area contributed by atoms with Crippen LogP contribution < -0.4 is 5.32 Å². The number of hydrogen-bond donors (Lipinski definition) is 1. The highest BCUT2D eigenvalue weighted by Crippen LogP contribution is 2.27. The van der Waals surface area contributed by atoms with E-state index in [0.717, 1.165) is 11.3 Å². The Labute approximate surface area is 192 Å². The molecule has 3 amide bonds. The molecule has 0 unspecified atom stereocenters. The molecule has 0 saturated heterocycles. The van der Waals surface area contributed by atoms with E-state index in [1.165, 1.54) is 0 Å². The fraction of sp³-hybridized carbons (Fsp3) is 0.273. The van der Waals surface area contributed by atoms with Crippen molar-refractivity contribution in [3.05, 3.63) is 63.1 Å². The minimum absolute atomic E-state index is 0.255. The van der Waals surface area contributed by atoms with Crippen LogP contribution in [0.25, 0.3) is 0 Å². The molecular weight excluding hydrogens is 488 g/mol. The Morgan fingerprint density at radius 2 is 1.77 bits per heavy atom. The van der Waals surface area contributed by atoms with Gasteiger partial charge in [-0.15, -0.1) is 0 Å². The Balaban J connectivity index is 1.68. The first-order valence-electron chi connectivity index (χ1n) is 9.72. The lowest BCUT2D eigenvalue weighted by Crippen LogP contribution is -2.46. The van der Waals surface area contributed by atoms with Gasteiger partial charge in [0, 0.05) is 10.2 Å². The molecule has 0 aliphatic carbocycles. The van der Waals surface area contributed by atoms with Gasteiger partial charge in [-0.05, 0) is 52.7 Å². The summed E-state index contributed by atoms with van der Waals surface area (Å²) in [6.07, 6.45) is 1.62. The van der Waals surface area contributed by atoms with Crippen molar-refractivity contribution in [2.45, 2.75) is 32.2 Å². The summed E-state index contributed by atoms with van der Waals surface area (Å²) in [6.45, 7) is 1.37. The SMILES string of the molecule is CCCC[C@H](C(=O)OCC(=O)Nc1ccc(Br)c(Cl)c1)N1C(=O)c2ccccc2C1=O. The summed E-state index contributed by atoms with van der Waals surface area (Å²) in [6, 6.07) is 10.2. The third kappa shape index (κ3) is 5.14. The molecule has 162 valence electrons. The van der Waals surface area contributed by atoms with Gasteiger partial charge in [0.25, 0.3) is 17.7 Å². The normalized spacial score (nSPS) is 13.7. The topological polar surface area (TPSA) is 92.8 Å². The van der Waals surface area contributed by atoms with E-state index < -0.39 is 36.3 Å². The molecule has 1 aliphatic heterocycles. The van der Waals surface area contributed by atoms with Gasteiger partial charge in [0.15, 0.2) is 6.61 Å².